The number of nitrogens with zero attached hydrogens (tertiary/aromatic N) is 1. The van der Waals surface area contributed by atoms with Crippen molar-refractivity contribution in [3.8, 4) is 5.69 Å². The molecular formula is C24H19BrN2O4. The zero-order valence-electron chi connectivity index (χ0n) is 16.9. The number of hydrogen-bond acceptors (Lipinski definition) is 4. The summed E-state index contributed by atoms with van der Waals surface area (Å²) in [7, 11) is 0. The molecule has 0 saturated heterocycles. The van der Waals surface area contributed by atoms with Crippen molar-refractivity contribution in [2.75, 3.05) is 6.61 Å². The fraction of sp³-hybridized carbons (Fsp3) is 0.125. The summed E-state index contributed by atoms with van der Waals surface area (Å²) in [4.78, 5) is 40.0. The van der Waals surface area contributed by atoms with Gasteiger partial charge in [-0.05, 0) is 50.2 Å². The third-order valence-corrected chi connectivity index (χ3v) is 5.65. The molecule has 7 heteroatoms. The van der Waals surface area contributed by atoms with Crippen molar-refractivity contribution in [3.63, 3.8) is 0 Å². The van der Waals surface area contributed by atoms with Crippen molar-refractivity contribution < 1.29 is 14.3 Å². The predicted octanol–water partition coefficient (Wildman–Crippen LogP) is 4.74. The smallest absolute Gasteiger partial charge is 0.339 e. The Morgan fingerprint density at radius 2 is 1.71 bits per heavy atom. The maximum atomic E-state index is 12.8. The molecule has 0 atom stereocenters. The topological polar surface area (TPSA) is 81.2 Å². The quantitative estimate of drug-likeness (QED) is 0.331. The number of H-pyrrole nitrogens is 1. The summed E-state index contributed by atoms with van der Waals surface area (Å²) in [6.45, 7) is 3.36. The van der Waals surface area contributed by atoms with Gasteiger partial charge in [0.1, 0.15) is 0 Å². The lowest BCUT2D eigenvalue weighted by Gasteiger charge is -2.10. The van der Waals surface area contributed by atoms with Crippen molar-refractivity contribution >= 4 is 38.6 Å². The van der Waals surface area contributed by atoms with E-state index in [2.05, 4.69) is 20.9 Å². The molecule has 0 spiro atoms. The normalized spacial score (nSPS) is 10.9. The van der Waals surface area contributed by atoms with E-state index in [1.807, 2.05) is 42.7 Å². The molecule has 2 aromatic carbocycles. The maximum Gasteiger partial charge on any atom is 0.339 e. The third kappa shape index (κ3) is 4.09. The van der Waals surface area contributed by atoms with Crippen LogP contribution in [0.4, 0.5) is 0 Å². The second kappa shape index (κ2) is 8.35. The van der Waals surface area contributed by atoms with E-state index < -0.39 is 18.1 Å². The molecule has 0 aliphatic carbocycles. The zero-order chi connectivity index (χ0) is 22.1. The minimum atomic E-state index is -0.711. The number of ether oxygens (including phenoxy) is 1. The number of fused-ring (bicyclic) bond motifs is 1. The first-order chi connectivity index (χ1) is 14.8. The highest BCUT2D eigenvalue weighted by molar-refractivity contribution is 9.10. The van der Waals surface area contributed by atoms with E-state index in [1.165, 1.54) is 6.07 Å². The van der Waals surface area contributed by atoms with Crippen LogP contribution >= 0.6 is 15.9 Å². The van der Waals surface area contributed by atoms with Crippen LogP contribution in [0, 0.1) is 13.8 Å². The van der Waals surface area contributed by atoms with Crippen LogP contribution in [0.25, 0.3) is 16.6 Å². The van der Waals surface area contributed by atoms with Gasteiger partial charge in [-0.15, -0.1) is 0 Å². The Balaban J connectivity index is 1.56. The van der Waals surface area contributed by atoms with Crippen LogP contribution in [-0.2, 0) is 4.74 Å². The molecule has 2 heterocycles. The van der Waals surface area contributed by atoms with Gasteiger partial charge in [0, 0.05) is 44.1 Å². The van der Waals surface area contributed by atoms with Gasteiger partial charge < -0.3 is 14.3 Å². The van der Waals surface area contributed by atoms with E-state index in [1.54, 1.807) is 30.3 Å². The highest BCUT2D eigenvalue weighted by Gasteiger charge is 2.20. The first-order valence-corrected chi connectivity index (χ1v) is 10.4. The Bertz CT molecular complexity index is 1370. The van der Waals surface area contributed by atoms with E-state index in [9.17, 15) is 14.4 Å². The van der Waals surface area contributed by atoms with Crippen LogP contribution in [0.3, 0.4) is 0 Å². The largest absolute Gasteiger partial charge is 0.454 e. The zero-order valence-corrected chi connectivity index (χ0v) is 18.5. The number of pyridine rings is 1. The Morgan fingerprint density at radius 3 is 2.45 bits per heavy atom. The van der Waals surface area contributed by atoms with Crippen molar-refractivity contribution in [2.45, 2.75) is 13.8 Å². The molecule has 4 aromatic rings. The van der Waals surface area contributed by atoms with E-state index in [-0.39, 0.29) is 11.3 Å². The number of ketones is 1. The first kappa shape index (κ1) is 20.8. The van der Waals surface area contributed by atoms with E-state index in [0.29, 0.717) is 16.5 Å². The number of esters is 1. The van der Waals surface area contributed by atoms with Crippen molar-refractivity contribution in [1.29, 1.82) is 0 Å². The Morgan fingerprint density at radius 1 is 1.00 bits per heavy atom. The van der Waals surface area contributed by atoms with Crippen molar-refractivity contribution in [2.24, 2.45) is 0 Å². The average Bonchev–Trinajstić information content (AvgIpc) is 3.06. The molecule has 0 aliphatic rings. The number of hydrogen-bond donors (Lipinski definition) is 1. The van der Waals surface area contributed by atoms with Gasteiger partial charge in [-0.1, -0.05) is 34.1 Å². The number of benzene rings is 2. The van der Waals surface area contributed by atoms with Gasteiger partial charge in [-0.3, -0.25) is 9.59 Å². The summed E-state index contributed by atoms with van der Waals surface area (Å²) in [5.41, 5.74) is 3.35. The highest BCUT2D eigenvalue weighted by atomic mass is 79.9. The lowest BCUT2D eigenvalue weighted by molar-refractivity contribution is 0.0476. The molecule has 156 valence electrons. The van der Waals surface area contributed by atoms with Crippen LogP contribution in [-0.4, -0.2) is 27.9 Å². The number of carbonyl (C=O) groups is 2. The number of aromatic nitrogens is 2. The molecule has 0 bridgehead atoms. The second-order valence-corrected chi connectivity index (χ2v) is 8.10. The molecule has 0 fully saturated rings. The number of aromatic amines is 1. The number of para-hydroxylation sites is 1. The van der Waals surface area contributed by atoms with Crippen LogP contribution in [0.5, 0.6) is 0 Å². The molecule has 31 heavy (non-hydrogen) atoms. The molecule has 0 unspecified atom stereocenters. The first-order valence-electron chi connectivity index (χ1n) is 9.62. The molecule has 6 nitrogen and oxygen atoms in total. The van der Waals surface area contributed by atoms with Crippen LogP contribution in [0.1, 0.15) is 32.1 Å². The van der Waals surface area contributed by atoms with Crippen LogP contribution in [0.15, 0.2) is 69.9 Å². The second-order valence-electron chi connectivity index (χ2n) is 7.19. The molecule has 0 radical (unpaired) electrons. The molecule has 0 amide bonds. The SMILES string of the molecule is Cc1cc(C(=O)COC(=O)c2cc(=O)[nH]c3ccccc23)c(C)n1-c1ccc(Br)cc1. The minimum absolute atomic E-state index is 0.132. The van der Waals surface area contributed by atoms with Crippen LogP contribution < -0.4 is 5.56 Å². The van der Waals surface area contributed by atoms with Crippen LogP contribution in [0.2, 0.25) is 0 Å². The lowest BCUT2D eigenvalue weighted by Crippen LogP contribution is -2.17. The fourth-order valence-electron chi connectivity index (χ4n) is 3.69. The fourth-order valence-corrected chi connectivity index (χ4v) is 3.96. The van der Waals surface area contributed by atoms with Gasteiger partial charge in [0.2, 0.25) is 11.3 Å². The number of Topliss-reactive ketones (excluding diaryl/α,β-unsaturated/α-hetero) is 1. The number of carbonyl (C=O) groups excluding carboxylic acids is 2. The summed E-state index contributed by atoms with van der Waals surface area (Å²) in [5, 5.41) is 0.563. The van der Waals surface area contributed by atoms with Gasteiger partial charge in [0.05, 0.1) is 5.56 Å². The van der Waals surface area contributed by atoms with Gasteiger partial charge in [-0.25, -0.2) is 4.79 Å². The summed E-state index contributed by atoms with van der Waals surface area (Å²) in [5.74, 6) is -1.02. The molecule has 1 N–H and O–H groups in total. The van der Waals surface area contributed by atoms with E-state index in [4.69, 9.17) is 4.74 Å². The standard InChI is InChI=1S/C24H19BrN2O4/c1-14-11-19(15(2)27(14)17-9-7-16(25)8-10-17)22(28)13-31-24(30)20-12-23(29)26-21-6-4-3-5-18(20)21/h3-12H,13H2,1-2H3,(H,26,29). The Hall–Kier alpha value is -3.45. The van der Waals surface area contributed by atoms with E-state index in [0.717, 1.165) is 21.5 Å². The Kier molecular flexibility index (Phi) is 5.61. The van der Waals surface area contributed by atoms with E-state index >= 15 is 0 Å². The number of aryl methyl sites for hydroxylation is 1. The third-order valence-electron chi connectivity index (χ3n) is 5.12. The molecule has 0 aliphatic heterocycles. The van der Waals surface area contributed by atoms with Crippen molar-refractivity contribution in [1.82, 2.24) is 9.55 Å². The van der Waals surface area contributed by atoms with Gasteiger partial charge in [0.15, 0.2) is 6.61 Å². The lowest BCUT2D eigenvalue weighted by atomic mass is 10.1. The minimum Gasteiger partial charge on any atom is -0.454 e. The van der Waals surface area contributed by atoms with Crippen molar-refractivity contribution in [3.05, 3.63) is 98.0 Å². The highest BCUT2D eigenvalue weighted by Crippen LogP contribution is 2.23. The monoisotopic (exact) mass is 478 g/mol. The summed E-state index contributed by atoms with van der Waals surface area (Å²) in [6.07, 6.45) is 0. The van der Waals surface area contributed by atoms with Gasteiger partial charge in [-0.2, -0.15) is 0 Å². The number of rotatable bonds is 5. The molecule has 4 rings (SSSR count). The van der Waals surface area contributed by atoms with Gasteiger partial charge in [0.25, 0.3) is 0 Å². The summed E-state index contributed by atoms with van der Waals surface area (Å²) < 4.78 is 8.22. The van der Waals surface area contributed by atoms with Gasteiger partial charge >= 0.3 is 5.97 Å². The number of halogens is 1. The number of nitrogens with one attached hydrogen (secondary N) is 1. The molecule has 0 saturated carbocycles. The predicted molar refractivity (Wildman–Crippen MR) is 122 cm³/mol. The molecule has 2 aromatic heterocycles. The summed E-state index contributed by atoms with van der Waals surface area (Å²) >= 11 is 3.42. The summed E-state index contributed by atoms with van der Waals surface area (Å²) in [6, 6.07) is 17.7. The molecular weight excluding hydrogens is 460 g/mol. The Labute approximate surface area is 186 Å². The average molecular weight is 479 g/mol. The maximum absolute atomic E-state index is 12.8.